The molecule has 12 nitrogen and oxygen atoms in total. The Bertz CT molecular complexity index is 1460. The van der Waals surface area contributed by atoms with E-state index in [0.29, 0.717) is 22.6 Å². The largest absolute Gasteiger partial charge is 0.454 e. The number of carbonyl (C=O) groups is 1. The molecule has 2 aliphatic rings. The zero-order valence-electron chi connectivity index (χ0n) is 17.6. The first-order valence-corrected chi connectivity index (χ1v) is 10.0. The summed E-state index contributed by atoms with van der Waals surface area (Å²) in [4.78, 5) is 37.4. The van der Waals surface area contributed by atoms with Crippen molar-refractivity contribution in [3.63, 3.8) is 0 Å². The quantitative estimate of drug-likeness (QED) is 0.219. The number of nitro benzene ring substituents is 2. The second-order valence-electron chi connectivity index (χ2n) is 7.24. The molecule has 2 heterocycles. The van der Waals surface area contributed by atoms with Crippen LogP contribution in [-0.4, -0.2) is 28.5 Å². The molecule has 0 amide bonds. The number of ether oxygens (including phenoxy) is 4. The van der Waals surface area contributed by atoms with Gasteiger partial charge in [-0.2, -0.15) is 0 Å². The number of esters is 1. The molecule has 5 rings (SSSR count). The van der Waals surface area contributed by atoms with E-state index in [0.717, 1.165) is 18.2 Å². The molecule has 0 bridgehead atoms. The fourth-order valence-electron chi connectivity index (χ4n) is 3.36. The number of hydrogen-bond donors (Lipinski definition) is 0. The van der Waals surface area contributed by atoms with Gasteiger partial charge in [0.15, 0.2) is 17.2 Å². The number of benzene rings is 3. The summed E-state index contributed by atoms with van der Waals surface area (Å²) in [5.74, 6) is 0.586. The van der Waals surface area contributed by atoms with Crippen LogP contribution in [0.15, 0.2) is 71.4 Å². The molecule has 0 fully saturated rings. The Balaban J connectivity index is 1.40. The van der Waals surface area contributed by atoms with Crippen LogP contribution < -0.4 is 14.2 Å². The number of hydrogen-bond acceptors (Lipinski definition) is 10. The van der Waals surface area contributed by atoms with Gasteiger partial charge in [0, 0.05) is 11.6 Å². The van der Waals surface area contributed by atoms with Gasteiger partial charge in [0.1, 0.15) is 5.75 Å². The van der Waals surface area contributed by atoms with Gasteiger partial charge in [0.05, 0.1) is 15.9 Å². The van der Waals surface area contributed by atoms with Crippen molar-refractivity contribution in [2.45, 2.75) is 0 Å². The Morgan fingerprint density at radius 2 is 1.77 bits per heavy atom. The topological polar surface area (TPSA) is 153 Å². The Kier molecular flexibility index (Phi) is 5.30. The summed E-state index contributed by atoms with van der Waals surface area (Å²) in [6, 6.07) is 14.5. The number of cyclic esters (lactones) is 1. The zero-order valence-corrected chi connectivity index (χ0v) is 17.6. The summed E-state index contributed by atoms with van der Waals surface area (Å²) in [5.41, 5.74) is 0.0955. The van der Waals surface area contributed by atoms with Crippen LogP contribution in [0, 0.1) is 20.2 Å². The van der Waals surface area contributed by atoms with Gasteiger partial charge >= 0.3 is 11.7 Å². The van der Waals surface area contributed by atoms with Gasteiger partial charge in [-0.15, -0.1) is 0 Å². The van der Waals surface area contributed by atoms with Crippen molar-refractivity contribution in [1.82, 2.24) is 0 Å². The standard InChI is InChI=1S/C23H13N3O9/c27-23-17(24-22(35-23)14-4-6-20-21(10-14)33-12-32-20)9-13-2-1-3-16(8-13)34-19-7-5-15(25(28)29)11-18(19)26(30)31/h1-11H,12H2. The fraction of sp³-hybridized carbons (Fsp3) is 0.0435. The van der Waals surface area contributed by atoms with Crippen LogP contribution in [0.3, 0.4) is 0 Å². The fourth-order valence-corrected chi connectivity index (χ4v) is 3.36. The average Bonchev–Trinajstić information content (AvgIpc) is 3.45. The zero-order chi connectivity index (χ0) is 24.5. The van der Waals surface area contributed by atoms with Crippen LogP contribution in [0.1, 0.15) is 11.1 Å². The SMILES string of the molecule is O=C1OC(c2ccc3c(c2)OCO3)=NC1=Cc1cccc(Oc2ccc([N+](=O)[O-])cc2[N+](=O)[O-])c1. The molecule has 0 radical (unpaired) electrons. The first-order valence-electron chi connectivity index (χ1n) is 10.0. The predicted molar refractivity (Wildman–Crippen MR) is 119 cm³/mol. The van der Waals surface area contributed by atoms with E-state index in [1.165, 1.54) is 12.1 Å². The molecule has 174 valence electrons. The molecule has 0 saturated carbocycles. The third kappa shape index (κ3) is 4.35. The minimum absolute atomic E-state index is 0.0381. The first kappa shape index (κ1) is 21.6. The normalized spacial score (nSPS) is 15.0. The summed E-state index contributed by atoms with van der Waals surface area (Å²) in [6.45, 7) is 0.109. The maximum Gasteiger partial charge on any atom is 0.363 e. The lowest BCUT2D eigenvalue weighted by Gasteiger charge is -2.07. The molecule has 0 aliphatic carbocycles. The van der Waals surface area contributed by atoms with Crippen LogP contribution >= 0.6 is 0 Å². The van der Waals surface area contributed by atoms with Crippen molar-refractivity contribution in [2.75, 3.05) is 6.79 Å². The van der Waals surface area contributed by atoms with Gasteiger partial charge in [-0.25, -0.2) is 9.79 Å². The Labute approximate surface area is 195 Å². The van der Waals surface area contributed by atoms with Crippen LogP contribution in [0.4, 0.5) is 11.4 Å². The van der Waals surface area contributed by atoms with E-state index >= 15 is 0 Å². The number of non-ortho nitro benzene ring substituents is 1. The monoisotopic (exact) mass is 475 g/mol. The van der Waals surface area contributed by atoms with E-state index in [-0.39, 0.29) is 29.9 Å². The van der Waals surface area contributed by atoms with Gasteiger partial charge in [0.2, 0.25) is 18.4 Å². The summed E-state index contributed by atoms with van der Waals surface area (Å²) in [6.07, 6.45) is 1.47. The Morgan fingerprint density at radius 1 is 0.943 bits per heavy atom. The van der Waals surface area contributed by atoms with Gasteiger partial charge in [-0.3, -0.25) is 20.2 Å². The number of aliphatic imine (C=N–C) groups is 1. The molecular weight excluding hydrogens is 462 g/mol. The number of rotatable bonds is 6. The average molecular weight is 475 g/mol. The minimum Gasteiger partial charge on any atom is -0.454 e. The second-order valence-corrected chi connectivity index (χ2v) is 7.24. The van der Waals surface area contributed by atoms with Crippen molar-refractivity contribution in [2.24, 2.45) is 4.99 Å². The lowest BCUT2D eigenvalue weighted by Crippen LogP contribution is -2.05. The lowest BCUT2D eigenvalue weighted by molar-refractivity contribution is -0.394. The van der Waals surface area contributed by atoms with Crippen molar-refractivity contribution in [1.29, 1.82) is 0 Å². The van der Waals surface area contributed by atoms with Gasteiger partial charge in [-0.1, -0.05) is 12.1 Å². The maximum absolute atomic E-state index is 12.4. The van der Waals surface area contributed by atoms with Crippen LogP contribution in [0.25, 0.3) is 6.08 Å². The molecule has 0 atom stereocenters. The molecule has 3 aromatic carbocycles. The van der Waals surface area contributed by atoms with Crippen molar-refractivity contribution in [3.05, 3.63) is 97.7 Å². The lowest BCUT2D eigenvalue weighted by atomic mass is 10.2. The van der Waals surface area contributed by atoms with Gasteiger partial charge < -0.3 is 18.9 Å². The Morgan fingerprint density at radius 3 is 2.57 bits per heavy atom. The van der Waals surface area contributed by atoms with E-state index in [4.69, 9.17) is 18.9 Å². The molecule has 0 aromatic heterocycles. The van der Waals surface area contributed by atoms with E-state index < -0.39 is 27.2 Å². The molecule has 0 N–H and O–H groups in total. The Hall–Kier alpha value is -5.26. The van der Waals surface area contributed by atoms with Crippen LogP contribution in [0.5, 0.6) is 23.0 Å². The van der Waals surface area contributed by atoms with E-state index in [1.54, 1.807) is 36.4 Å². The third-order valence-electron chi connectivity index (χ3n) is 4.98. The molecule has 12 heteroatoms. The van der Waals surface area contributed by atoms with Crippen molar-refractivity contribution in [3.8, 4) is 23.0 Å². The minimum atomic E-state index is -0.769. The summed E-state index contributed by atoms with van der Waals surface area (Å²) in [5, 5.41) is 22.3. The number of nitro groups is 2. The van der Waals surface area contributed by atoms with Gasteiger partial charge in [-0.05, 0) is 48.0 Å². The van der Waals surface area contributed by atoms with Gasteiger partial charge in [0.25, 0.3) is 5.69 Å². The van der Waals surface area contributed by atoms with Crippen LogP contribution in [0.2, 0.25) is 0 Å². The van der Waals surface area contributed by atoms with Crippen molar-refractivity contribution >= 4 is 29.3 Å². The first-order chi connectivity index (χ1) is 16.9. The molecular formula is C23H13N3O9. The highest BCUT2D eigenvalue weighted by atomic mass is 16.7. The predicted octanol–water partition coefficient (Wildman–Crippen LogP) is 4.37. The number of nitrogens with zero attached hydrogens (tertiary/aromatic N) is 3. The highest BCUT2D eigenvalue weighted by Gasteiger charge is 2.26. The highest BCUT2D eigenvalue weighted by Crippen LogP contribution is 2.35. The smallest absolute Gasteiger partial charge is 0.363 e. The van der Waals surface area contributed by atoms with E-state index in [9.17, 15) is 25.0 Å². The maximum atomic E-state index is 12.4. The third-order valence-corrected chi connectivity index (χ3v) is 4.98. The summed E-state index contributed by atoms with van der Waals surface area (Å²) < 4.78 is 21.5. The summed E-state index contributed by atoms with van der Waals surface area (Å²) in [7, 11) is 0. The number of carbonyl (C=O) groups excluding carboxylic acids is 1. The van der Waals surface area contributed by atoms with Crippen LogP contribution in [-0.2, 0) is 9.53 Å². The van der Waals surface area contributed by atoms with E-state index in [2.05, 4.69) is 4.99 Å². The molecule has 3 aromatic rings. The van der Waals surface area contributed by atoms with E-state index in [1.807, 2.05) is 0 Å². The number of fused-ring (bicyclic) bond motifs is 1. The molecule has 0 unspecified atom stereocenters. The molecule has 0 saturated heterocycles. The molecule has 2 aliphatic heterocycles. The summed E-state index contributed by atoms with van der Waals surface area (Å²) >= 11 is 0. The molecule has 35 heavy (non-hydrogen) atoms. The van der Waals surface area contributed by atoms with Crippen molar-refractivity contribution < 1.29 is 33.6 Å². The highest BCUT2D eigenvalue weighted by molar-refractivity contribution is 6.13. The second kappa shape index (κ2) is 8.59. The molecule has 0 spiro atoms.